The van der Waals surface area contributed by atoms with Crippen LogP contribution in [0.2, 0.25) is 0 Å². The highest BCUT2D eigenvalue weighted by Gasteiger charge is 2.22. The van der Waals surface area contributed by atoms with Gasteiger partial charge in [-0.25, -0.2) is 9.97 Å². The summed E-state index contributed by atoms with van der Waals surface area (Å²) < 4.78 is 5.50. The van der Waals surface area contributed by atoms with Crippen molar-refractivity contribution in [2.75, 3.05) is 25.1 Å². The Bertz CT molecular complexity index is 826. The van der Waals surface area contributed by atoms with Gasteiger partial charge in [-0.1, -0.05) is 13.0 Å². The second-order valence-electron chi connectivity index (χ2n) is 6.12. The number of methoxy groups -OCH3 is 1. The average molecular weight is 296 g/mol. The molecule has 1 atom stereocenters. The van der Waals surface area contributed by atoms with Crippen molar-refractivity contribution >= 4 is 27.8 Å². The number of rotatable bonds is 2. The summed E-state index contributed by atoms with van der Waals surface area (Å²) in [5.74, 6) is 2.56. The lowest BCUT2D eigenvalue weighted by atomic mass is 10.0. The van der Waals surface area contributed by atoms with Gasteiger partial charge >= 0.3 is 0 Å². The van der Waals surface area contributed by atoms with Crippen LogP contribution < -0.4 is 9.64 Å². The zero-order chi connectivity index (χ0) is 15.1. The first kappa shape index (κ1) is 13.4. The summed E-state index contributed by atoms with van der Waals surface area (Å²) in [6, 6.07) is 6.02. The number of nitrogens with zero attached hydrogens (tertiary/aromatic N) is 3. The van der Waals surface area contributed by atoms with Gasteiger partial charge in [0.2, 0.25) is 0 Å². The van der Waals surface area contributed by atoms with Crippen LogP contribution in [0, 0.1) is 5.92 Å². The molecule has 22 heavy (non-hydrogen) atoms. The average Bonchev–Trinajstić information content (AvgIpc) is 2.93. The molecule has 0 spiro atoms. The van der Waals surface area contributed by atoms with E-state index in [1.807, 2.05) is 12.1 Å². The maximum Gasteiger partial charge on any atom is 0.156 e. The van der Waals surface area contributed by atoms with E-state index >= 15 is 0 Å². The maximum absolute atomic E-state index is 5.50. The Morgan fingerprint density at radius 2 is 2.23 bits per heavy atom. The van der Waals surface area contributed by atoms with Gasteiger partial charge in [-0.15, -0.1) is 0 Å². The molecule has 5 nitrogen and oxygen atoms in total. The van der Waals surface area contributed by atoms with Crippen molar-refractivity contribution in [1.82, 2.24) is 15.0 Å². The lowest BCUT2D eigenvalue weighted by Gasteiger charge is -2.31. The number of hydrogen-bond acceptors (Lipinski definition) is 4. The van der Waals surface area contributed by atoms with E-state index in [0.29, 0.717) is 5.92 Å². The third-order valence-corrected chi connectivity index (χ3v) is 4.53. The van der Waals surface area contributed by atoms with Crippen LogP contribution in [0.3, 0.4) is 0 Å². The van der Waals surface area contributed by atoms with E-state index < -0.39 is 0 Å². The molecule has 0 aliphatic carbocycles. The molecule has 3 aromatic rings. The van der Waals surface area contributed by atoms with Crippen LogP contribution in [-0.2, 0) is 0 Å². The molecule has 114 valence electrons. The van der Waals surface area contributed by atoms with Crippen LogP contribution in [0.4, 0.5) is 5.82 Å². The van der Waals surface area contributed by atoms with Crippen molar-refractivity contribution in [3.8, 4) is 5.75 Å². The molecular formula is C17H20N4O. The number of piperidine rings is 1. The van der Waals surface area contributed by atoms with Gasteiger partial charge in [0.1, 0.15) is 23.1 Å². The molecule has 0 saturated carbocycles. The lowest BCUT2D eigenvalue weighted by Crippen LogP contribution is -2.35. The summed E-state index contributed by atoms with van der Waals surface area (Å²) in [5.41, 5.74) is 2.99. The molecule has 1 aliphatic heterocycles. The molecule has 1 aliphatic rings. The second kappa shape index (κ2) is 5.16. The fourth-order valence-electron chi connectivity index (χ4n) is 3.49. The van der Waals surface area contributed by atoms with Gasteiger partial charge in [0.15, 0.2) is 5.82 Å². The minimum absolute atomic E-state index is 0.706. The predicted octanol–water partition coefficient (Wildman–Crippen LogP) is 3.36. The van der Waals surface area contributed by atoms with Crippen LogP contribution in [0.25, 0.3) is 21.9 Å². The fourth-order valence-corrected chi connectivity index (χ4v) is 3.49. The Morgan fingerprint density at radius 1 is 1.32 bits per heavy atom. The zero-order valence-electron chi connectivity index (χ0n) is 13.0. The van der Waals surface area contributed by atoms with Crippen molar-refractivity contribution < 1.29 is 4.74 Å². The molecule has 1 saturated heterocycles. The van der Waals surface area contributed by atoms with Crippen LogP contribution in [-0.4, -0.2) is 35.2 Å². The number of hydrogen-bond donors (Lipinski definition) is 1. The Balaban J connectivity index is 1.93. The van der Waals surface area contributed by atoms with Crippen molar-refractivity contribution in [1.29, 1.82) is 0 Å². The number of nitrogens with one attached hydrogen (secondary N) is 1. The van der Waals surface area contributed by atoms with Crippen molar-refractivity contribution in [3.05, 3.63) is 24.5 Å². The van der Waals surface area contributed by atoms with Gasteiger partial charge in [-0.3, -0.25) is 0 Å². The van der Waals surface area contributed by atoms with Crippen molar-refractivity contribution in [2.24, 2.45) is 5.92 Å². The molecule has 1 N–H and O–H groups in total. The molecular weight excluding hydrogens is 276 g/mol. The summed E-state index contributed by atoms with van der Waals surface area (Å²) in [6.45, 7) is 4.42. The molecule has 1 fully saturated rings. The van der Waals surface area contributed by atoms with Gasteiger partial charge in [-0.2, -0.15) is 0 Å². The van der Waals surface area contributed by atoms with E-state index in [9.17, 15) is 0 Å². The zero-order valence-corrected chi connectivity index (χ0v) is 13.0. The highest BCUT2D eigenvalue weighted by Crippen LogP contribution is 2.35. The van der Waals surface area contributed by atoms with Gasteiger partial charge in [0.25, 0.3) is 0 Å². The molecule has 0 unspecified atom stereocenters. The van der Waals surface area contributed by atoms with Crippen LogP contribution in [0.15, 0.2) is 24.5 Å². The van der Waals surface area contributed by atoms with E-state index in [1.54, 1.807) is 13.4 Å². The number of anilines is 1. The van der Waals surface area contributed by atoms with Crippen LogP contribution in [0.5, 0.6) is 5.75 Å². The van der Waals surface area contributed by atoms with Crippen LogP contribution in [0.1, 0.15) is 19.8 Å². The van der Waals surface area contributed by atoms with E-state index in [0.717, 1.165) is 46.6 Å². The Hall–Kier alpha value is -2.30. The topological polar surface area (TPSA) is 54.0 Å². The maximum atomic E-state index is 5.50. The molecule has 4 rings (SSSR count). The Morgan fingerprint density at radius 3 is 3.05 bits per heavy atom. The highest BCUT2D eigenvalue weighted by molar-refractivity contribution is 6.11. The lowest BCUT2D eigenvalue weighted by molar-refractivity contribution is 0.420. The van der Waals surface area contributed by atoms with E-state index in [-0.39, 0.29) is 0 Å². The molecule has 0 bridgehead atoms. The monoisotopic (exact) mass is 296 g/mol. The van der Waals surface area contributed by atoms with Crippen molar-refractivity contribution in [2.45, 2.75) is 19.8 Å². The van der Waals surface area contributed by atoms with Gasteiger partial charge in [0.05, 0.1) is 18.0 Å². The smallest absolute Gasteiger partial charge is 0.156 e. The van der Waals surface area contributed by atoms with Crippen molar-refractivity contribution in [3.63, 3.8) is 0 Å². The van der Waals surface area contributed by atoms with Crippen LogP contribution >= 0.6 is 0 Å². The quantitative estimate of drug-likeness (QED) is 0.788. The summed E-state index contributed by atoms with van der Waals surface area (Å²) in [6.07, 6.45) is 4.18. The first-order chi connectivity index (χ1) is 10.8. The first-order valence-electron chi connectivity index (χ1n) is 7.82. The SMILES string of the molecule is COc1cccc2[nH]c3c(N4CCC[C@@H](C)C4)ncnc3c12. The Kier molecular flexibility index (Phi) is 3.13. The molecule has 3 heterocycles. The standard InChI is InChI=1S/C17H20N4O/c1-11-5-4-8-21(9-11)17-16-15(18-10-19-17)14-12(20-16)6-3-7-13(14)22-2/h3,6-7,10-11,20H,4-5,8-9H2,1-2H3/t11-/m1/s1. The normalized spacial score (nSPS) is 19.0. The van der Waals surface area contributed by atoms with E-state index in [4.69, 9.17) is 4.74 Å². The molecule has 0 radical (unpaired) electrons. The largest absolute Gasteiger partial charge is 0.496 e. The van der Waals surface area contributed by atoms with E-state index in [2.05, 4.69) is 32.8 Å². The first-order valence-corrected chi connectivity index (χ1v) is 7.82. The number of aromatic nitrogens is 3. The minimum Gasteiger partial charge on any atom is -0.496 e. The highest BCUT2D eigenvalue weighted by atomic mass is 16.5. The fraction of sp³-hybridized carbons (Fsp3) is 0.412. The number of benzene rings is 1. The number of H-pyrrole nitrogens is 1. The number of fused-ring (bicyclic) bond motifs is 3. The number of ether oxygens (including phenoxy) is 1. The van der Waals surface area contributed by atoms with E-state index in [1.165, 1.54) is 12.8 Å². The summed E-state index contributed by atoms with van der Waals surface area (Å²) in [4.78, 5) is 14.9. The summed E-state index contributed by atoms with van der Waals surface area (Å²) in [5, 5.41) is 1.04. The number of aromatic amines is 1. The molecule has 5 heteroatoms. The molecule has 2 aromatic heterocycles. The molecule has 1 aromatic carbocycles. The Labute approximate surface area is 129 Å². The molecule has 0 amide bonds. The summed E-state index contributed by atoms with van der Waals surface area (Å²) >= 11 is 0. The van der Waals surface area contributed by atoms with Gasteiger partial charge in [0, 0.05) is 13.1 Å². The summed E-state index contributed by atoms with van der Waals surface area (Å²) in [7, 11) is 1.70. The predicted molar refractivity (Wildman–Crippen MR) is 88.6 cm³/mol. The third kappa shape index (κ3) is 2.00. The van der Waals surface area contributed by atoms with Gasteiger partial charge < -0.3 is 14.6 Å². The third-order valence-electron chi connectivity index (χ3n) is 4.53. The van der Waals surface area contributed by atoms with Gasteiger partial charge in [-0.05, 0) is 30.9 Å². The second-order valence-corrected chi connectivity index (χ2v) is 6.12. The minimum atomic E-state index is 0.706.